The quantitative estimate of drug-likeness (QED) is 0.538. The highest BCUT2D eigenvalue weighted by Crippen LogP contribution is 2.56. The zero-order valence-electron chi connectivity index (χ0n) is 20.0. The molecule has 0 radical (unpaired) electrons. The molecule has 0 aliphatic carbocycles. The predicted octanol–water partition coefficient (Wildman–Crippen LogP) is 3.64. The number of ether oxygens (including phenoxy) is 2. The molecule has 2 aromatic carbocycles. The molecule has 1 N–H and O–H groups in total. The molecule has 3 heterocycles. The lowest BCUT2D eigenvalue weighted by Gasteiger charge is -2.50. The standard InChI is InChI=1S/C25H28ClF2NO6S2/c26-16-3-5-17(6-4-16)37(32,33)25-10-12-34-22(2-1-13-36(30,31)18-9-11-29-14-18)19(25)15-35-24-21(28)8-7-20(27)23(24)25/h3-8,18-19,22,29H,1-2,9-15H2. The summed E-state index contributed by atoms with van der Waals surface area (Å²) in [5, 5.41) is 2.95. The minimum Gasteiger partial charge on any atom is -0.490 e. The third-order valence-electron chi connectivity index (χ3n) is 7.79. The van der Waals surface area contributed by atoms with Crippen LogP contribution in [0.25, 0.3) is 0 Å². The van der Waals surface area contributed by atoms with Gasteiger partial charge in [0.2, 0.25) is 0 Å². The molecule has 0 spiro atoms. The van der Waals surface area contributed by atoms with Crippen LogP contribution in [0.2, 0.25) is 5.02 Å². The van der Waals surface area contributed by atoms with Crippen LogP contribution in [0.1, 0.15) is 31.2 Å². The normalized spacial score (nSPS) is 27.8. The summed E-state index contributed by atoms with van der Waals surface area (Å²) >= 11 is 5.98. The van der Waals surface area contributed by atoms with Gasteiger partial charge < -0.3 is 14.8 Å². The van der Waals surface area contributed by atoms with Gasteiger partial charge in [-0.2, -0.15) is 0 Å². The van der Waals surface area contributed by atoms with Crippen LogP contribution in [-0.4, -0.2) is 60.2 Å². The number of hydrogen-bond acceptors (Lipinski definition) is 7. The van der Waals surface area contributed by atoms with Crippen molar-refractivity contribution in [2.75, 3.05) is 32.1 Å². The monoisotopic (exact) mass is 575 g/mol. The summed E-state index contributed by atoms with van der Waals surface area (Å²) in [7, 11) is -7.64. The first-order valence-corrected chi connectivity index (χ1v) is 15.8. The molecule has 202 valence electrons. The number of halogens is 3. The molecule has 0 aromatic heterocycles. The molecule has 37 heavy (non-hydrogen) atoms. The van der Waals surface area contributed by atoms with Gasteiger partial charge in [-0.15, -0.1) is 0 Å². The van der Waals surface area contributed by atoms with Crippen LogP contribution in [0, 0.1) is 17.6 Å². The number of hydrogen-bond donors (Lipinski definition) is 1. The Balaban J connectivity index is 1.53. The van der Waals surface area contributed by atoms with E-state index in [1.165, 1.54) is 24.3 Å². The summed E-state index contributed by atoms with van der Waals surface area (Å²) in [4.78, 5) is -0.0737. The van der Waals surface area contributed by atoms with Gasteiger partial charge in [0.1, 0.15) is 10.6 Å². The van der Waals surface area contributed by atoms with Crippen LogP contribution in [-0.2, 0) is 29.2 Å². The zero-order valence-corrected chi connectivity index (χ0v) is 22.3. The van der Waals surface area contributed by atoms with Crippen LogP contribution < -0.4 is 10.1 Å². The molecular weight excluding hydrogens is 548 g/mol. The Morgan fingerprint density at radius 1 is 1.05 bits per heavy atom. The Bertz CT molecular complexity index is 1380. The summed E-state index contributed by atoms with van der Waals surface area (Å²) in [5.74, 6) is -3.09. The molecular formula is C25H28ClF2NO6S2. The predicted molar refractivity (Wildman–Crippen MR) is 134 cm³/mol. The van der Waals surface area contributed by atoms with E-state index in [1.807, 2.05) is 0 Å². The van der Waals surface area contributed by atoms with Crippen molar-refractivity contribution in [3.8, 4) is 5.75 Å². The summed E-state index contributed by atoms with van der Waals surface area (Å²) < 4.78 is 94.0. The summed E-state index contributed by atoms with van der Waals surface area (Å²) in [6, 6.07) is 7.39. The number of nitrogens with one attached hydrogen (secondary N) is 1. The van der Waals surface area contributed by atoms with Gasteiger partial charge in [-0.3, -0.25) is 0 Å². The first kappa shape index (κ1) is 26.8. The van der Waals surface area contributed by atoms with Crippen molar-refractivity contribution < 1.29 is 35.1 Å². The lowest BCUT2D eigenvalue weighted by Crippen LogP contribution is -2.57. The Kier molecular flexibility index (Phi) is 7.29. The Hall–Kier alpha value is -1.79. The SMILES string of the molecule is O=S(=O)(CCCC1OCCC2(S(=O)(=O)c3ccc(Cl)cc3)c3c(F)ccc(F)c3OCC12)C1CCNC1. The first-order valence-electron chi connectivity index (χ1n) is 12.2. The molecule has 0 saturated carbocycles. The molecule has 12 heteroatoms. The van der Waals surface area contributed by atoms with E-state index in [-0.39, 0.29) is 48.7 Å². The molecule has 5 rings (SSSR count). The molecule has 3 aliphatic heterocycles. The molecule has 0 bridgehead atoms. The smallest absolute Gasteiger partial charge is 0.189 e. The maximum Gasteiger partial charge on any atom is 0.189 e. The van der Waals surface area contributed by atoms with Gasteiger partial charge in [0.25, 0.3) is 0 Å². The molecule has 4 unspecified atom stereocenters. The lowest BCUT2D eigenvalue weighted by atomic mass is 9.75. The number of sulfone groups is 2. The number of benzene rings is 2. The fraction of sp³-hybridized carbons (Fsp3) is 0.520. The molecule has 3 aliphatic rings. The molecule has 2 aromatic rings. The summed E-state index contributed by atoms with van der Waals surface area (Å²) in [5.41, 5.74) is -0.336. The first-order chi connectivity index (χ1) is 17.6. The van der Waals surface area contributed by atoms with Crippen molar-refractivity contribution in [1.29, 1.82) is 0 Å². The lowest BCUT2D eigenvalue weighted by molar-refractivity contribution is -0.0759. The van der Waals surface area contributed by atoms with Crippen molar-refractivity contribution in [3.63, 3.8) is 0 Å². The summed E-state index contributed by atoms with van der Waals surface area (Å²) in [6.45, 7) is 0.831. The molecule has 2 saturated heterocycles. The Morgan fingerprint density at radius 3 is 2.49 bits per heavy atom. The largest absolute Gasteiger partial charge is 0.490 e. The molecule has 0 amide bonds. The van der Waals surface area contributed by atoms with E-state index in [0.29, 0.717) is 24.5 Å². The van der Waals surface area contributed by atoms with E-state index in [2.05, 4.69) is 5.32 Å². The van der Waals surface area contributed by atoms with E-state index >= 15 is 4.39 Å². The van der Waals surface area contributed by atoms with Crippen molar-refractivity contribution >= 4 is 31.3 Å². The van der Waals surface area contributed by atoms with E-state index in [4.69, 9.17) is 21.1 Å². The van der Waals surface area contributed by atoms with Crippen LogP contribution in [0.3, 0.4) is 0 Å². The van der Waals surface area contributed by atoms with Gasteiger partial charge in [-0.25, -0.2) is 25.6 Å². The minimum atomic E-state index is -4.30. The van der Waals surface area contributed by atoms with E-state index in [9.17, 15) is 21.2 Å². The van der Waals surface area contributed by atoms with E-state index in [1.54, 1.807) is 0 Å². The second-order valence-electron chi connectivity index (χ2n) is 9.78. The average Bonchev–Trinajstić information content (AvgIpc) is 3.42. The van der Waals surface area contributed by atoms with Crippen LogP contribution in [0.15, 0.2) is 41.3 Å². The van der Waals surface area contributed by atoms with Crippen LogP contribution >= 0.6 is 11.6 Å². The highest BCUT2D eigenvalue weighted by molar-refractivity contribution is 7.92. The highest BCUT2D eigenvalue weighted by Gasteiger charge is 2.61. The molecule has 4 atom stereocenters. The third kappa shape index (κ3) is 4.56. The Labute approximate surface area is 220 Å². The van der Waals surface area contributed by atoms with Crippen molar-refractivity contribution in [2.45, 2.75) is 46.7 Å². The second-order valence-corrected chi connectivity index (χ2v) is 14.8. The topological polar surface area (TPSA) is 98.8 Å². The highest BCUT2D eigenvalue weighted by atomic mass is 35.5. The van der Waals surface area contributed by atoms with Gasteiger partial charge >= 0.3 is 0 Å². The van der Waals surface area contributed by atoms with E-state index in [0.717, 1.165) is 12.1 Å². The Morgan fingerprint density at radius 2 is 1.78 bits per heavy atom. The van der Waals surface area contributed by atoms with Gasteiger partial charge in [0.05, 0.1) is 34.2 Å². The molecule has 2 fully saturated rings. The van der Waals surface area contributed by atoms with Crippen molar-refractivity contribution in [1.82, 2.24) is 5.32 Å². The maximum absolute atomic E-state index is 15.4. The van der Waals surface area contributed by atoms with Gasteiger partial charge in [0.15, 0.2) is 31.2 Å². The molecule has 7 nitrogen and oxygen atoms in total. The third-order valence-corrected chi connectivity index (χ3v) is 12.9. The van der Waals surface area contributed by atoms with E-state index < -0.39 is 59.1 Å². The minimum absolute atomic E-state index is 0.0251. The maximum atomic E-state index is 15.4. The van der Waals surface area contributed by atoms with Gasteiger partial charge in [-0.05, 0) is 68.6 Å². The van der Waals surface area contributed by atoms with Gasteiger partial charge in [-0.1, -0.05) is 11.6 Å². The van der Waals surface area contributed by atoms with Crippen molar-refractivity contribution in [3.05, 3.63) is 58.6 Å². The zero-order chi connectivity index (χ0) is 26.4. The van der Waals surface area contributed by atoms with Gasteiger partial charge in [0, 0.05) is 24.1 Å². The van der Waals surface area contributed by atoms with Crippen LogP contribution in [0.4, 0.5) is 8.78 Å². The fourth-order valence-electron chi connectivity index (χ4n) is 5.92. The van der Waals surface area contributed by atoms with Crippen molar-refractivity contribution in [2.24, 2.45) is 5.92 Å². The number of rotatable bonds is 7. The summed E-state index contributed by atoms with van der Waals surface area (Å²) in [6.07, 6.45) is 0.196. The van der Waals surface area contributed by atoms with Crippen LogP contribution in [0.5, 0.6) is 5.75 Å². The fourth-order valence-corrected chi connectivity index (χ4v) is 10.1. The second kappa shape index (κ2) is 10.1. The number of fused-ring (bicyclic) bond motifs is 3. The average molecular weight is 576 g/mol.